The largest absolute Gasteiger partial charge is 0.461 e. The molecule has 1 heterocycles. The van der Waals surface area contributed by atoms with Crippen molar-refractivity contribution >= 4 is 17.6 Å². The minimum atomic E-state index is -0.528. The Morgan fingerprint density at radius 2 is 1.90 bits per heavy atom. The molecular formula is C16H21NO3. The van der Waals surface area contributed by atoms with Crippen LogP contribution in [0.15, 0.2) is 30.3 Å². The lowest BCUT2D eigenvalue weighted by atomic mass is 9.97. The predicted molar refractivity (Wildman–Crippen MR) is 77.4 cm³/mol. The Bertz CT molecular complexity index is 490. The Hall–Kier alpha value is -1.84. The number of hydrogen-bond donors (Lipinski definition) is 0. The molecule has 0 saturated carbocycles. The molecule has 1 aliphatic rings. The molecule has 0 radical (unpaired) electrons. The Labute approximate surface area is 119 Å². The van der Waals surface area contributed by atoms with Gasteiger partial charge in [-0.25, -0.2) is 0 Å². The average molecular weight is 275 g/mol. The quantitative estimate of drug-likeness (QED) is 0.780. The van der Waals surface area contributed by atoms with Gasteiger partial charge >= 0.3 is 5.97 Å². The number of piperidine rings is 1. The summed E-state index contributed by atoms with van der Waals surface area (Å²) < 4.78 is 5.42. The molecule has 1 unspecified atom stereocenters. The molecule has 20 heavy (non-hydrogen) atoms. The van der Waals surface area contributed by atoms with E-state index in [2.05, 4.69) is 0 Å². The second-order valence-electron chi connectivity index (χ2n) is 6.15. The third-order valence-electron chi connectivity index (χ3n) is 3.33. The van der Waals surface area contributed by atoms with Gasteiger partial charge in [0.25, 0.3) is 0 Å². The first-order chi connectivity index (χ1) is 9.38. The van der Waals surface area contributed by atoms with E-state index in [1.807, 2.05) is 51.1 Å². The lowest BCUT2D eigenvalue weighted by molar-refractivity contribution is -0.160. The van der Waals surface area contributed by atoms with Crippen molar-refractivity contribution in [3.63, 3.8) is 0 Å². The van der Waals surface area contributed by atoms with Crippen LogP contribution in [0.1, 0.15) is 33.6 Å². The van der Waals surface area contributed by atoms with Crippen LogP contribution in [0, 0.1) is 5.41 Å². The van der Waals surface area contributed by atoms with Crippen molar-refractivity contribution in [1.82, 2.24) is 0 Å². The van der Waals surface area contributed by atoms with Crippen LogP contribution in [-0.2, 0) is 14.3 Å². The fraction of sp³-hybridized carbons (Fsp3) is 0.500. The lowest BCUT2D eigenvalue weighted by Crippen LogP contribution is -2.43. The van der Waals surface area contributed by atoms with E-state index in [0.717, 1.165) is 5.69 Å². The average Bonchev–Trinajstić information content (AvgIpc) is 2.38. The van der Waals surface area contributed by atoms with Crippen molar-refractivity contribution in [2.45, 2.75) is 39.7 Å². The van der Waals surface area contributed by atoms with E-state index in [1.165, 1.54) is 0 Å². The van der Waals surface area contributed by atoms with Gasteiger partial charge in [0, 0.05) is 18.7 Å². The summed E-state index contributed by atoms with van der Waals surface area (Å²) in [6, 6.07) is 9.58. The number of benzene rings is 1. The third kappa shape index (κ3) is 3.38. The highest BCUT2D eigenvalue weighted by Crippen LogP contribution is 2.24. The summed E-state index contributed by atoms with van der Waals surface area (Å²) in [5.41, 5.74) is 0.373. The number of esters is 1. The van der Waals surface area contributed by atoms with Gasteiger partial charge in [-0.2, -0.15) is 0 Å². The van der Waals surface area contributed by atoms with Crippen LogP contribution in [0.25, 0.3) is 0 Å². The van der Waals surface area contributed by atoms with Crippen molar-refractivity contribution in [3.05, 3.63) is 30.3 Å². The van der Waals surface area contributed by atoms with Crippen molar-refractivity contribution in [1.29, 1.82) is 0 Å². The minimum absolute atomic E-state index is 0.00848. The van der Waals surface area contributed by atoms with Gasteiger partial charge in [-0.05, 0) is 32.9 Å². The van der Waals surface area contributed by atoms with Gasteiger partial charge in [0.2, 0.25) is 5.91 Å². The molecule has 1 fully saturated rings. The van der Waals surface area contributed by atoms with Crippen LogP contribution in [0.2, 0.25) is 0 Å². The number of anilines is 1. The standard InChI is InChI=1S/C16H21NO3/c1-16(2,3)15(19)20-13-9-10-17(14(18)11-13)12-7-5-4-6-8-12/h4-8,13H,9-11H2,1-3H3. The fourth-order valence-corrected chi connectivity index (χ4v) is 2.11. The molecule has 4 heteroatoms. The summed E-state index contributed by atoms with van der Waals surface area (Å²) in [4.78, 5) is 25.8. The van der Waals surface area contributed by atoms with Crippen LogP contribution >= 0.6 is 0 Å². The Balaban J connectivity index is 1.96. The number of hydrogen-bond acceptors (Lipinski definition) is 3. The summed E-state index contributed by atoms with van der Waals surface area (Å²) in [5.74, 6) is -0.238. The number of para-hydroxylation sites is 1. The maximum atomic E-state index is 12.2. The summed E-state index contributed by atoms with van der Waals surface area (Å²) in [6.45, 7) is 6.04. The molecule has 0 aromatic heterocycles. The molecule has 1 aromatic carbocycles. The smallest absolute Gasteiger partial charge is 0.311 e. The van der Waals surface area contributed by atoms with E-state index in [9.17, 15) is 9.59 Å². The first kappa shape index (κ1) is 14.6. The molecule has 0 aliphatic carbocycles. The number of rotatable bonds is 2. The normalized spacial score (nSPS) is 19.9. The highest BCUT2D eigenvalue weighted by molar-refractivity contribution is 5.94. The van der Waals surface area contributed by atoms with Crippen molar-refractivity contribution in [2.24, 2.45) is 5.41 Å². The topological polar surface area (TPSA) is 46.6 Å². The van der Waals surface area contributed by atoms with Crippen LogP contribution in [-0.4, -0.2) is 24.5 Å². The molecule has 1 atom stereocenters. The van der Waals surface area contributed by atoms with E-state index in [-0.39, 0.29) is 24.4 Å². The molecule has 108 valence electrons. The fourth-order valence-electron chi connectivity index (χ4n) is 2.11. The van der Waals surface area contributed by atoms with Gasteiger partial charge in [-0.15, -0.1) is 0 Å². The van der Waals surface area contributed by atoms with Crippen LogP contribution < -0.4 is 4.90 Å². The highest BCUT2D eigenvalue weighted by Gasteiger charge is 2.32. The number of nitrogens with zero attached hydrogens (tertiary/aromatic N) is 1. The zero-order chi connectivity index (χ0) is 14.8. The zero-order valence-corrected chi connectivity index (χ0v) is 12.3. The molecule has 0 spiro atoms. The van der Waals surface area contributed by atoms with Gasteiger partial charge in [-0.1, -0.05) is 18.2 Å². The van der Waals surface area contributed by atoms with E-state index >= 15 is 0 Å². The first-order valence-electron chi connectivity index (χ1n) is 6.94. The molecular weight excluding hydrogens is 254 g/mol. The second kappa shape index (κ2) is 5.65. The zero-order valence-electron chi connectivity index (χ0n) is 12.3. The lowest BCUT2D eigenvalue weighted by Gasteiger charge is -2.32. The van der Waals surface area contributed by atoms with E-state index in [4.69, 9.17) is 4.74 Å². The number of carbonyl (C=O) groups excluding carboxylic acids is 2. The van der Waals surface area contributed by atoms with Crippen LogP contribution in [0.4, 0.5) is 5.69 Å². The Morgan fingerprint density at radius 3 is 2.45 bits per heavy atom. The SMILES string of the molecule is CC(C)(C)C(=O)OC1CCN(c2ccccc2)C(=O)C1. The summed E-state index contributed by atoms with van der Waals surface area (Å²) in [7, 11) is 0. The predicted octanol–water partition coefficient (Wildman–Crippen LogP) is 2.77. The van der Waals surface area contributed by atoms with Crippen LogP contribution in [0.5, 0.6) is 0 Å². The molecule has 0 N–H and O–H groups in total. The first-order valence-corrected chi connectivity index (χ1v) is 6.94. The molecule has 1 saturated heterocycles. The van der Waals surface area contributed by atoms with Crippen molar-refractivity contribution in [3.8, 4) is 0 Å². The summed E-state index contributed by atoms with van der Waals surface area (Å²) in [5, 5.41) is 0. The maximum absolute atomic E-state index is 12.2. The maximum Gasteiger partial charge on any atom is 0.311 e. The summed E-state index contributed by atoms with van der Waals surface area (Å²) >= 11 is 0. The van der Waals surface area contributed by atoms with E-state index in [1.54, 1.807) is 4.90 Å². The third-order valence-corrected chi connectivity index (χ3v) is 3.33. The monoisotopic (exact) mass is 275 g/mol. The van der Waals surface area contributed by atoms with Gasteiger partial charge in [0.15, 0.2) is 0 Å². The highest BCUT2D eigenvalue weighted by atomic mass is 16.5. The van der Waals surface area contributed by atoms with Gasteiger partial charge in [0.05, 0.1) is 11.8 Å². The van der Waals surface area contributed by atoms with Crippen molar-refractivity contribution < 1.29 is 14.3 Å². The molecule has 1 aliphatic heterocycles. The van der Waals surface area contributed by atoms with E-state index in [0.29, 0.717) is 13.0 Å². The molecule has 2 rings (SSSR count). The van der Waals surface area contributed by atoms with Crippen LogP contribution in [0.3, 0.4) is 0 Å². The van der Waals surface area contributed by atoms with E-state index < -0.39 is 5.41 Å². The summed E-state index contributed by atoms with van der Waals surface area (Å²) in [6.07, 6.45) is 0.647. The number of carbonyl (C=O) groups is 2. The molecule has 0 bridgehead atoms. The molecule has 1 aromatic rings. The second-order valence-corrected chi connectivity index (χ2v) is 6.15. The number of amides is 1. The Morgan fingerprint density at radius 1 is 1.25 bits per heavy atom. The van der Waals surface area contributed by atoms with Gasteiger partial charge in [0.1, 0.15) is 6.10 Å². The van der Waals surface area contributed by atoms with Crippen molar-refractivity contribution in [2.75, 3.05) is 11.4 Å². The molecule has 4 nitrogen and oxygen atoms in total. The van der Waals surface area contributed by atoms with Gasteiger partial charge < -0.3 is 9.64 Å². The number of ether oxygens (including phenoxy) is 1. The minimum Gasteiger partial charge on any atom is -0.461 e. The molecule has 1 amide bonds. The Kier molecular flexibility index (Phi) is 4.12. The van der Waals surface area contributed by atoms with Gasteiger partial charge in [-0.3, -0.25) is 9.59 Å².